The normalized spacial score (nSPS) is 23.2. The maximum Gasteiger partial charge on any atom is 0.146 e. The molecular formula is C15H20O3. The maximum absolute atomic E-state index is 12.1. The first-order valence-corrected chi connectivity index (χ1v) is 6.46. The van der Waals surface area contributed by atoms with Gasteiger partial charge in [0.2, 0.25) is 0 Å². The summed E-state index contributed by atoms with van der Waals surface area (Å²) in [6.45, 7) is 0.324. The lowest BCUT2D eigenvalue weighted by Crippen LogP contribution is -2.16. The minimum Gasteiger partial charge on any atom is -0.359 e. The van der Waals surface area contributed by atoms with Gasteiger partial charge in [-0.05, 0) is 24.8 Å². The Kier molecular flexibility index (Phi) is 4.90. The van der Waals surface area contributed by atoms with Gasteiger partial charge in [0.25, 0.3) is 0 Å². The summed E-state index contributed by atoms with van der Waals surface area (Å²) in [6, 6.07) is 9.93. The van der Waals surface area contributed by atoms with Crippen LogP contribution in [0.15, 0.2) is 30.3 Å². The zero-order valence-corrected chi connectivity index (χ0v) is 10.8. The van der Waals surface area contributed by atoms with Crippen LogP contribution < -0.4 is 0 Å². The second-order valence-electron chi connectivity index (χ2n) is 4.83. The first-order chi connectivity index (χ1) is 8.79. The molecular weight excluding hydrogens is 228 g/mol. The maximum atomic E-state index is 12.1. The monoisotopic (exact) mass is 248 g/mol. The highest BCUT2D eigenvalue weighted by molar-refractivity contribution is 5.83. The van der Waals surface area contributed by atoms with Crippen molar-refractivity contribution in [2.45, 2.75) is 31.8 Å². The molecule has 3 nitrogen and oxygen atoms in total. The van der Waals surface area contributed by atoms with Crippen molar-refractivity contribution in [3.8, 4) is 0 Å². The third-order valence-corrected chi connectivity index (χ3v) is 3.48. The molecule has 1 aliphatic rings. The Morgan fingerprint density at radius 3 is 2.78 bits per heavy atom. The van der Waals surface area contributed by atoms with E-state index in [4.69, 9.17) is 9.47 Å². The van der Waals surface area contributed by atoms with Gasteiger partial charge in [0.05, 0.1) is 6.10 Å². The summed E-state index contributed by atoms with van der Waals surface area (Å²) in [7, 11) is 1.62. The Hall–Kier alpha value is -1.19. The van der Waals surface area contributed by atoms with Crippen molar-refractivity contribution in [1.29, 1.82) is 0 Å². The average Bonchev–Trinajstić information content (AvgIpc) is 2.86. The van der Waals surface area contributed by atoms with Crippen LogP contribution in [0.5, 0.6) is 0 Å². The van der Waals surface area contributed by atoms with Crippen molar-refractivity contribution >= 4 is 5.78 Å². The zero-order valence-electron chi connectivity index (χ0n) is 10.8. The number of benzene rings is 1. The standard InChI is InChI=1S/C15H20O3/c1-17-11-18-14-8-7-13(10-14)15(16)9-12-5-3-2-4-6-12/h2-6,13-14H,7-11H2,1H3. The minimum absolute atomic E-state index is 0.159. The molecule has 1 saturated carbocycles. The predicted octanol–water partition coefficient (Wildman–Crippen LogP) is 2.59. The van der Waals surface area contributed by atoms with Crippen molar-refractivity contribution in [1.82, 2.24) is 0 Å². The van der Waals surface area contributed by atoms with Crippen LogP contribution in [0, 0.1) is 5.92 Å². The summed E-state index contributed by atoms with van der Waals surface area (Å²) in [5.74, 6) is 0.497. The Morgan fingerprint density at radius 2 is 2.06 bits per heavy atom. The number of hydrogen-bond donors (Lipinski definition) is 0. The molecule has 1 aromatic rings. The summed E-state index contributed by atoms with van der Waals surface area (Å²) in [6.07, 6.45) is 3.49. The van der Waals surface area contributed by atoms with Crippen LogP contribution in [0.1, 0.15) is 24.8 Å². The molecule has 0 saturated heterocycles. The van der Waals surface area contributed by atoms with E-state index >= 15 is 0 Å². The number of ether oxygens (including phenoxy) is 2. The fourth-order valence-corrected chi connectivity index (χ4v) is 2.49. The lowest BCUT2D eigenvalue weighted by molar-refractivity contribution is -0.122. The van der Waals surface area contributed by atoms with E-state index in [2.05, 4.69) is 0 Å². The SMILES string of the molecule is COCOC1CCC(C(=O)Cc2ccccc2)C1. The van der Waals surface area contributed by atoms with Gasteiger partial charge in [0, 0.05) is 19.4 Å². The lowest BCUT2D eigenvalue weighted by atomic mass is 9.96. The summed E-state index contributed by atoms with van der Waals surface area (Å²) in [4.78, 5) is 12.1. The molecule has 0 N–H and O–H groups in total. The smallest absolute Gasteiger partial charge is 0.146 e. The summed E-state index contributed by atoms with van der Waals surface area (Å²) in [5, 5.41) is 0. The Bertz CT molecular complexity index is 375. The molecule has 98 valence electrons. The quantitative estimate of drug-likeness (QED) is 0.726. The molecule has 0 spiro atoms. The van der Waals surface area contributed by atoms with E-state index in [1.807, 2.05) is 30.3 Å². The van der Waals surface area contributed by atoms with Crippen LogP contribution in [0.2, 0.25) is 0 Å². The van der Waals surface area contributed by atoms with Gasteiger partial charge in [0.15, 0.2) is 0 Å². The summed E-state index contributed by atoms with van der Waals surface area (Å²) in [5.41, 5.74) is 1.10. The molecule has 1 aliphatic carbocycles. The molecule has 2 rings (SSSR count). The molecule has 0 amide bonds. The molecule has 0 aromatic heterocycles. The summed E-state index contributed by atoms with van der Waals surface area (Å²) >= 11 is 0. The van der Waals surface area contributed by atoms with E-state index in [1.54, 1.807) is 7.11 Å². The van der Waals surface area contributed by atoms with Gasteiger partial charge in [-0.3, -0.25) is 4.79 Å². The highest BCUT2D eigenvalue weighted by Gasteiger charge is 2.30. The predicted molar refractivity (Wildman–Crippen MR) is 69.2 cm³/mol. The lowest BCUT2D eigenvalue weighted by Gasteiger charge is -2.11. The topological polar surface area (TPSA) is 35.5 Å². The fraction of sp³-hybridized carbons (Fsp3) is 0.533. The van der Waals surface area contributed by atoms with E-state index in [0.29, 0.717) is 19.0 Å². The van der Waals surface area contributed by atoms with Crippen molar-refractivity contribution < 1.29 is 14.3 Å². The highest BCUT2D eigenvalue weighted by Crippen LogP contribution is 2.29. The van der Waals surface area contributed by atoms with E-state index < -0.39 is 0 Å². The van der Waals surface area contributed by atoms with E-state index in [9.17, 15) is 4.79 Å². The fourth-order valence-electron chi connectivity index (χ4n) is 2.49. The number of rotatable bonds is 6. The van der Waals surface area contributed by atoms with Crippen molar-refractivity contribution in [2.24, 2.45) is 5.92 Å². The van der Waals surface area contributed by atoms with Crippen LogP contribution in [-0.4, -0.2) is 25.8 Å². The molecule has 0 bridgehead atoms. The Balaban J connectivity index is 1.80. The minimum atomic E-state index is 0.159. The van der Waals surface area contributed by atoms with Crippen LogP contribution in [0.25, 0.3) is 0 Å². The second kappa shape index (κ2) is 6.66. The average molecular weight is 248 g/mol. The molecule has 0 aliphatic heterocycles. The second-order valence-corrected chi connectivity index (χ2v) is 4.83. The number of carbonyl (C=O) groups is 1. The molecule has 0 radical (unpaired) electrons. The zero-order chi connectivity index (χ0) is 12.8. The van der Waals surface area contributed by atoms with Crippen molar-refractivity contribution in [3.05, 3.63) is 35.9 Å². The van der Waals surface area contributed by atoms with Gasteiger partial charge >= 0.3 is 0 Å². The van der Waals surface area contributed by atoms with Gasteiger partial charge in [-0.25, -0.2) is 0 Å². The Morgan fingerprint density at radius 1 is 1.28 bits per heavy atom. The number of hydrogen-bond acceptors (Lipinski definition) is 3. The van der Waals surface area contributed by atoms with E-state index in [-0.39, 0.29) is 12.0 Å². The molecule has 1 aromatic carbocycles. The number of carbonyl (C=O) groups excluding carboxylic acids is 1. The number of Topliss-reactive ketones (excluding diaryl/α,β-unsaturated/α-hetero) is 1. The molecule has 2 unspecified atom stereocenters. The van der Waals surface area contributed by atoms with E-state index in [1.165, 1.54) is 0 Å². The van der Waals surface area contributed by atoms with Crippen molar-refractivity contribution in [3.63, 3.8) is 0 Å². The van der Waals surface area contributed by atoms with Gasteiger partial charge in [-0.15, -0.1) is 0 Å². The van der Waals surface area contributed by atoms with Gasteiger partial charge < -0.3 is 9.47 Å². The third-order valence-electron chi connectivity index (χ3n) is 3.48. The number of ketones is 1. The molecule has 2 atom stereocenters. The third kappa shape index (κ3) is 3.65. The number of methoxy groups -OCH3 is 1. The van der Waals surface area contributed by atoms with Crippen molar-refractivity contribution in [2.75, 3.05) is 13.9 Å². The molecule has 18 heavy (non-hydrogen) atoms. The van der Waals surface area contributed by atoms with Gasteiger partial charge in [-0.2, -0.15) is 0 Å². The molecule has 0 heterocycles. The largest absolute Gasteiger partial charge is 0.359 e. The van der Waals surface area contributed by atoms with Crippen LogP contribution >= 0.6 is 0 Å². The summed E-state index contributed by atoms with van der Waals surface area (Å²) < 4.78 is 10.4. The van der Waals surface area contributed by atoms with Gasteiger partial charge in [-0.1, -0.05) is 30.3 Å². The first-order valence-electron chi connectivity index (χ1n) is 6.46. The van der Waals surface area contributed by atoms with Crippen LogP contribution in [0.3, 0.4) is 0 Å². The molecule has 1 fully saturated rings. The van der Waals surface area contributed by atoms with Crippen LogP contribution in [0.4, 0.5) is 0 Å². The van der Waals surface area contributed by atoms with Gasteiger partial charge in [0.1, 0.15) is 12.6 Å². The first kappa shape index (κ1) is 13.2. The van der Waals surface area contributed by atoms with Crippen LogP contribution in [-0.2, 0) is 20.7 Å². The van der Waals surface area contributed by atoms with E-state index in [0.717, 1.165) is 24.8 Å². The highest BCUT2D eigenvalue weighted by atomic mass is 16.7. The Labute approximate surface area is 108 Å². The molecule has 3 heteroatoms.